The Labute approximate surface area is 136 Å². The molecule has 2 aliphatic rings. The number of aryl methyl sites for hydroxylation is 1. The molecule has 0 radical (unpaired) electrons. The molecule has 1 atom stereocenters. The van der Waals surface area contributed by atoms with Crippen LogP contribution in [-0.4, -0.2) is 66.9 Å². The lowest BCUT2D eigenvalue weighted by Crippen LogP contribution is -2.34. The van der Waals surface area contributed by atoms with Crippen molar-refractivity contribution in [2.24, 2.45) is 5.92 Å². The van der Waals surface area contributed by atoms with Gasteiger partial charge in [-0.1, -0.05) is 6.92 Å². The lowest BCUT2D eigenvalue weighted by molar-refractivity contribution is 0.255. The second-order valence-corrected chi connectivity index (χ2v) is 9.22. The van der Waals surface area contributed by atoms with E-state index >= 15 is 0 Å². The van der Waals surface area contributed by atoms with Gasteiger partial charge in [-0.3, -0.25) is 0 Å². The molecule has 22 heavy (non-hydrogen) atoms. The highest BCUT2D eigenvalue weighted by molar-refractivity contribution is 7.91. The van der Waals surface area contributed by atoms with Crippen molar-refractivity contribution in [1.82, 2.24) is 14.3 Å². The van der Waals surface area contributed by atoms with E-state index in [0.717, 1.165) is 62.9 Å². The fourth-order valence-electron chi connectivity index (χ4n) is 3.24. The van der Waals surface area contributed by atoms with Gasteiger partial charge in [0, 0.05) is 44.1 Å². The van der Waals surface area contributed by atoms with Crippen molar-refractivity contribution < 1.29 is 8.42 Å². The van der Waals surface area contributed by atoms with Gasteiger partial charge in [0.1, 0.15) is 5.82 Å². The molecule has 0 N–H and O–H groups in total. The standard InChI is InChI=1S/C14H24N4O2S2/c1-2-13-15-14(21-16-13)18-6-3-5-17(7-8-18)10-12-4-9-22(19,20)11-12/h12H,2-11H2,1H3/t12-/m0/s1. The van der Waals surface area contributed by atoms with Crippen LogP contribution in [0.3, 0.4) is 0 Å². The third kappa shape index (κ3) is 3.97. The number of anilines is 1. The summed E-state index contributed by atoms with van der Waals surface area (Å²) in [6.45, 7) is 6.99. The molecular formula is C14H24N4O2S2. The van der Waals surface area contributed by atoms with Crippen molar-refractivity contribution in [3.8, 4) is 0 Å². The normalized spacial score (nSPS) is 26.2. The van der Waals surface area contributed by atoms with Gasteiger partial charge >= 0.3 is 0 Å². The molecule has 2 saturated heterocycles. The minimum atomic E-state index is -2.76. The quantitative estimate of drug-likeness (QED) is 0.813. The van der Waals surface area contributed by atoms with Crippen molar-refractivity contribution in [3.05, 3.63) is 5.82 Å². The zero-order valence-corrected chi connectivity index (χ0v) is 14.7. The number of hydrogen-bond donors (Lipinski definition) is 0. The average Bonchev–Trinajstić information content (AvgIpc) is 3.01. The van der Waals surface area contributed by atoms with Gasteiger partial charge < -0.3 is 9.80 Å². The molecule has 1 aromatic rings. The van der Waals surface area contributed by atoms with Crippen molar-refractivity contribution in [2.45, 2.75) is 26.2 Å². The fraction of sp³-hybridized carbons (Fsp3) is 0.857. The van der Waals surface area contributed by atoms with Crippen LogP contribution in [0.1, 0.15) is 25.6 Å². The van der Waals surface area contributed by atoms with E-state index in [1.54, 1.807) is 0 Å². The second-order valence-electron chi connectivity index (χ2n) is 6.26. The smallest absolute Gasteiger partial charge is 0.205 e. The maximum Gasteiger partial charge on any atom is 0.205 e. The Balaban J connectivity index is 1.53. The van der Waals surface area contributed by atoms with Crippen molar-refractivity contribution >= 4 is 26.5 Å². The van der Waals surface area contributed by atoms with Crippen LogP contribution in [0, 0.1) is 5.92 Å². The summed E-state index contributed by atoms with van der Waals surface area (Å²) in [5.74, 6) is 2.01. The van der Waals surface area contributed by atoms with Crippen LogP contribution in [0.15, 0.2) is 0 Å². The molecule has 3 heterocycles. The summed E-state index contributed by atoms with van der Waals surface area (Å²) in [5, 5.41) is 1.03. The summed E-state index contributed by atoms with van der Waals surface area (Å²) in [6, 6.07) is 0. The van der Waals surface area contributed by atoms with E-state index in [-0.39, 0.29) is 0 Å². The van der Waals surface area contributed by atoms with E-state index in [4.69, 9.17) is 0 Å². The number of nitrogens with zero attached hydrogens (tertiary/aromatic N) is 4. The van der Waals surface area contributed by atoms with Gasteiger partial charge in [0.15, 0.2) is 9.84 Å². The fourth-order valence-corrected chi connectivity index (χ4v) is 5.89. The molecule has 2 aliphatic heterocycles. The summed E-state index contributed by atoms with van der Waals surface area (Å²) >= 11 is 1.49. The Morgan fingerprint density at radius 2 is 2.14 bits per heavy atom. The number of aromatic nitrogens is 2. The molecule has 1 aromatic heterocycles. The van der Waals surface area contributed by atoms with Gasteiger partial charge in [-0.05, 0) is 25.3 Å². The SMILES string of the molecule is CCc1nsc(N2CCCN(C[C@@H]3CCS(=O)(=O)C3)CC2)n1. The predicted octanol–water partition coefficient (Wildman–Crippen LogP) is 1.05. The summed E-state index contributed by atoms with van der Waals surface area (Å²) in [5.41, 5.74) is 0. The van der Waals surface area contributed by atoms with E-state index in [9.17, 15) is 8.42 Å². The zero-order valence-electron chi connectivity index (χ0n) is 13.1. The predicted molar refractivity (Wildman–Crippen MR) is 89.3 cm³/mol. The maximum atomic E-state index is 11.6. The zero-order chi connectivity index (χ0) is 15.6. The van der Waals surface area contributed by atoms with E-state index in [0.29, 0.717) is 17.4 Å². The Morgan fingerprint density at radius 3 is 2.82 bits per heavy atom. The van der Waals surface area contributed by atoms with Crippen LogP contribution in [-0.2, 0) is 16.3 Å². The first-order chi connectivity index (χ1) is 10.6. The topological polar surface area (TPSA) is 66.4 Å². The molecule has 0 bridgehead atoms. The third-order valence-corrected chi connectivity index (χ3v) is 7.13. The Bertz CT molecular complexity index is 602. The second kappa shape index (κ2) is 6.80. The van der Waals surface area contributed by atoms with Crippen LogP contribution in [0.2, 0.25) is 0 Å². The van der Waals surface area contributed by atoms with E-state index in [1.807, 2.05) is 0 Å². The van der Waals surface area contributed by atoms with E-state index in [1.165, 1.54) is 11.5 Å². The first-order valence-electron chi connectivity index (χ1n) is 8.06. The van der Waals surface area contributed by atoms with Crippen LogP contribution in [0.25, 0.3) is 0 Å². The number of sulfone groups is 1. The van der Waals surface area contributed by atoms with E-state index in [2.05, 4.69) is 26.1 Å². The lowest BCUT2D eigenvalue weighted by atomic mass is 10.1. The van der Waals surface area contributed by atoms with Crippen molar-refractivity contribution in [3.63, 3.8) is 0 Å². The summed E-state index contributed by atoms with van der Waals surface area (Å²) in [7, 11) is -2.76. The first kappa shape index (κ1) is 16.1. The van der Waals surface area contributed by atoms with Gasteiger partial charge in [0.2, 0.25) is 5.13 Å². The van der Waals surface area contributed by atoms with Crippen LogP contribution in [0.4, 0.5) is 5.13 Å². The van der Waals surface area contributed by atoms with Crippen LogP contribution < -0.4 is 4.90 Å². The van der Waals surface area contributed by atoms with Crippen molar-refractivity contribution in [1.29, 1.82) is 0 Å². The average molecular weight is 345 g/mol. The highest BCUT2D eigenvalue weighted by Gasteiger charge is 2.29. The highest BCUT2D eigenvalue weighted by Crippen LogP contribution is 2.22. The first-order valence-corrected chi connectivity index (χ1v) is 10.7. The molecule has 0 aliphatic carbocycles. The third-order valence-electron chi connectivity index (χ3n) is 4.48. The molecular weight excluding hydrogens is 320 g/mol. The van der Waals surface area contributed by atoms with Gasteiger partial charge in [-0.15, -0.1) is 0 Å². The molecule has 0 unspecified atom stereocenters. The molecule has 0 amide bonds. The summed E-state index contributed by atoms with van der Waals surface area (Å²) in [6.07, 6.45) is 2.81. The Hall–Kier alpha value is -0.730. The molecule has 0 saturated carbocycles. The molecule has 2 fully saturated rings. The summed E-state index contributed by atoms with van der Waals surface area (Å²) < 4.78 is 27.5. The molecule has 8 heteroatoms. The van der Waals surface area contributed by atoms with Crippen LogP contribution in [0.5, 0.6) is 0 Å². The Kier molecular flexibility index (Phi) is 4.99. The number of hydrogen-bond acceptors (Lipinski definition) is 7. The van der Waals surface area contributed by atoms with Gasteiger partial charge in [0.05, 0.1) is 11.5 Å². The highest BCUT2D eigenvalue weighted by atomic mass is 32.2. The molecule has 3 rings (SSSR count). The lowest BCUT2D eigenvalue weighted by Gasteiger charge is -2.23. The molecule has 6 nitrogen and oxygen atoms in total. The maximum absolute atomic E-state index is 11.6. The minimum Gasteiger partial charge on any atom is -0.346 e. The van der Waals surface area contributed by atoms with Crippen molar-refractivity contribution in [2.75, 3.05) is 49.1 Å². The minimum absolute atomic E-state index is 0.324. The van der Waals surface area contributed by atoms with Crippen LogP contribution >= 0.6 is 11.5 Å². The molecule has 0 aromatic carbocycles. The monoisotopic (exact) mass is 344 g/mol. The van der Waals surface area contributed by atoms with Gasteiger partial charge in [-0.25, -0.2) is 13.4 Å². The number of rotatable bonds is 4. The van der Waals surface area contributed by atoms with Gasteiger partial charge in [-0.2, -0.15) is 4.37 Å². The molecule has 0 spiro atoms. The Morgan fingerprint density at radius 1 is 1.27 bits per heavy atom. The molecule has 124 valence electrons. The van der Waals surface area contributed by atoms with E-state index < -0.39 is 9.84 Å². The largest absolute Gasteiger partial charge is 0.346 e. The van der Waals surface area contributed by atoms with Gasteiger partial charge in [0.25, 0.3) is 0 Å². The summed E-state index contributed by atoms with van der Waals surface area (Å²) in [4.78, 5) is 9.32.